The molecule has 2 aromatic heterocycles. The molecule has 29 heavy (non-hydrogen) atoms. The molecule has 0 unspecified atom stereocenters. The molecule has 5 nitrogen and oxygen atoms in total. The van der Waals surface area contributed by atoms with E-state index in [1.165, 1.54) is 0 Å². The van der Waals surface area contributed by atoms with Crippen molar-refractivity contribution < 1.29 is 4.74 Å². The first kappa shape index (κ1) is 17.9. The number of benzene rings is 2. The summed E-state index contributed by atoms with van der Waals surface area (Å²) in [6.07, 6.45) is 3.75. The average molecular weight is 385 g/mol. The van der Waals surface area contributed by atoms with Crippen molar-refractivity contribution in [2.75, 3.05) is 31.2 Å². The standard InChI is InChI=1S/C24H23N3O2/c1-16-12-21-20(19-5-3-4-17-6-7-25-15-22(17)19)13-18(27-8-10-29-11-9-27)14-23(21)26(2)24(16)28/h3-7,12-15H,8-11H2,1-2H3. The molecule has 0 bridgehead atoms. The Morgan fingerprint density at radius 3 is 2.66 bits per heavy atom. The first-order valence-electron chi connectivity index (χ1n) is 9.94. The van der Waals surface area contributed by atoms with Crippen LogP contribution >= 0.6 is 0 Å². The first-order valence-corrected chi connectivity index (χ1v) is 9.94. The lowest BCUT2D eigenvalue weighted by molar-refractivity contribution is 0.122. The van der Waals surface area contributed by atoms with Crippen molar-refractivity contribution in [3.8, 4) is 11.1 Å². The summed E-state index contributed by atoms with van der Waals surface area (Å²) in [5.74, 6) is 0. The second kappa shape index (κ2) is 7.01. The molecule has 5 heteroatoms. The minimum atomic E-state index is 0.0437. The molecule has 146 valence electrons. The monoisotopic (exact) mass is 385 g/mol. The first-order chi connectivity index (χ1) is 14.1. The van der Waals surface area contributed by atoms with E-state index >= 15 is 0 Å². The Hall–Kier alpha value is -3.18. The lowest BCUT2D eigenvalue weighted by atomic mass is 9.94. The minimum absolute atomic E-state index is 0.0437. The number of anilines is 1. The van der Waals surface area contributed by atoms with Crippen molar-refractivity contribution in [3.63, 3.8) is 0 Å². The summed E-state index contributed by atoms with van der Waals surface area (Å²) in [4.78, 5) is 19.3. The SMILES string of the molecule is Cc1cc2c(-c3cccc4ccncc34)cc(N3CCOCC3)cc2n(C)c1=O. The maximum absolute atomic E-state index is 12.6. The predicted molar refractivity (Wildman–Crippen MR) is 118 cm³/mol. The largest absolute Gasteiger partial charge is 0.378 e. The summed E-state index contributed by atoms with van der Waals surface area (Å²) in [5, 5.41) is 3.35. The molecule has 1 aliphatic heterocycles. The van der Waals surface area contributed by atoms with E-state index in [1.54, 1.807) is 4.57 Å². The fourth-order valence-corrected chi connectivity index (χ4v) is 4.28. The highest BCUT2D eigenvalue weighted by molar-refractivity contribution is 6.06. The third kappa shape index (κ3) is 2.98. The van der Waals surface area contributed by atoms with E-state index in [0.29, 0.717) is 0 Å². The number of aryl methyl sites for hydroxylation is 2. The van der Waals surface area contributed by atoms with Gasteiger partial charge in [-0.05, 0) is 47.7 Å². The Kier molecular flexibility index (Phi) is 4.32. The van der Waals surface area contributed by atoms with E-state index < -0.39 is 0 Å². The fourth-order valence-electron chi connectivity index (χ4n) is 4.28. The number of ether oxygens (including phenoxy) is 1. The van der Waals surface area contributed by atoms with Crippen molar-refractivity contribution in [3.05, 3.63) is 70.8 Å². The van der Waals surface area contributed by atoms with Crippen LogP contribution in [-0.4, -0.2) is 35.9 Å². The zero-order valence-corrected chi connectivity index (χ0v) is 16.7. The van der Waals surface area contributed by atoms with Crippen LogP contribution < -0.4 is 10.5 Å². The molecule has 1 saturated heterocycles. The van der Waals surface area contributed by atoms with Crippen LogP contribution in [-0.2, 0) is 11.8 Å². The van der Waals surface area contributed by atoms with E-state index in [4.69, 9.17) is 4.74 Å². The van der Waals surface area contributed by atoms with E-state index in [0.717, 1.165) is 70.4 Å². The van der Waals surface area contributed by atoms with E-state index in [1.807, 2.05) is 38.5 Å². The number of pyridine rings is 2. The summed E-state index contributed by atoms with van der Waals surface area (Å²) in [5.41, 5.74) is 5.12. The molecule has 2 aromatic carbocycles. The molecule has 1 fully saturated rings. The van der Waals surface area contributed by atoms with Gasteiger partial charge in [0, 0.05) is 54.6 Å². The normalized spacial score (nSPS) is 14.6. The zero-order valence-electron chi connectivity index (χ0n) is 16.7. The maximum atomic E-state index is 12.6. The Bertz CT molecular complexity index is 1280. The lowest BCUT2D eigenvalue weighted by Crippen LogP contribution is -2.36. The average Bonchev–Trinajstić information content (AvgIpc) is 2.77. The molecular formula is C24H23N3O2. The lowest BCUT2D eigenvalue weighted by Gasteiger charge is -2.30. The van der Waals surface area contributed by atoms with Gasteiger partial charge in [0.1, 0.15) is 0 Å². The number of fused-ring (bicyclic) bond motifs is 2. The van der Waals surface area contributed by atoms with Crippen molar-refractivity contribution in [2.45, 2.75) is 6.92 Å². The highest BCUT2D eigenvalue weighted by Gasteiger charge is 2.17. The molecule has 0 radical (unpaired) electrons. The van der Waals surface area contributed by atoms with Gasteiger partial charge in [-0.25, -0.2) is 0 Å². The van der Waals surface area contributed by atoms with Crippen LogP contribution in [0.15, 0.2) is 59.7 Å². The van der Waals surface area contributed by atoms with Gasteiger partial charge in [-0.3, -0.25) is 9.78 Å². The summed E-state index contributed by atoms with van der Waals surface area (Å²) in [6.45, 7) is 5.02. The van der Waals surface area contributed by atoms with Crippen LogP contribution in [0.25, 0.3) is 32.8 Å². The van der Waals surface area contributed by atoms with Crippen LogP contribution in [0.1, 0.15) is 5.56 Å². The van der Waals surface area contributed by atoms with Crippen molar-refractivity contribution in [1.82, 2.24) is 9.55 Å². The highest BCUT2D eigenvalue weighted by Crippen LogP contribution is 2.37. The van der Waals surface area contributed by atoms with E-state index in [2.05, 4.69) is 40.2 Å². The predicted octanol–water partition coefficient (Wildman–Crippen LogP) is 3.90. The van der Waals surface area contributed by atoms with Crippen molar-refractivity contribution >= 4 is 27.4 Å². The van der Waals surface area contributed by atoms with Crippen LogP contribution in [0.4, 0.5) is 5.69 Å². The second-order valence-electron chi connectivity index (χ2n) is 7.62. The topological polar surface area (TPSA) is 47.4 Å². The zero-order chi connectivity index (χ0) is 20.0. The van der Waals surface area contributed by atoms with Gasteiger partial charge in [-0.2, -0.15) is 0 Å². The molecule has 0 spiro atoms. The van der Waals surface area contributed by atoms with Gasteiger partial charge in [-0.15, -0.1) is 0 Å². The molecule has 3 heterocycles. The van der Waals surface area contributed by atoms with Gasteiger partial charge < -0.3 is 14.2 Å². The van der Waals surface area contributed by atoms with Gasteiger partial charge in [0.15, 0.2) is 0 Å². The number of hydrogen-bond acceptors (Lipinski definition) is 4. The van der Waals surface area contributed by atoms with Crippen LogP contribution in [0.3, 0.4) is 0 Å². The molecule has 0 aliphatic carbocycles. The fraction of sp³-hybridized carbons (Fsp3) is 0.250. The Balaban J connectivity index is 1.86. The van der Waals surface area contributed by atoms with Gasteiger partial charge >= 0.3 is 0 Å². The van der Waals surface area contributed by atoms with Gasteiger partial charge in [0.25, 0.3) is 5.56 Å². The van der Waals surface area contributed by atoms with Crippen LogP contribution in [0, 0.1) is 6.92 Å². The maximum Gasteiger partial charge on any atom is 0.253 e. The highest BCUT2D eigenvalue weighted by atomic mass is 16.5. The molecule has 0 atom stereocenters. The smallest absolute Gasteiger partial charge is 0.253 e. The molecular weight excluding hydrogens is 362 g/mol. The number of aromatic nitrogens is 2. The van der Waals surface area contributed by atoms with Crippen molar-refractivity contribution in [2.24, 2.45) is 7.05 Å². The summed E-state index contributed by atoms with van der Waals surface area (Å²) >= 11 is 0. The van der Waals surface area contributed by atoms with E-state index in [-0.39, 0.29) is 5.56 Å². The van der Waals surface area contributed by atoms with Gasteiger partial charge in [0.2, 0.25) is 0 Å². The van der Waals surface area contributed by atoms with Crippen LogP contribution in [0.5, 0.6) is 0 Å². The minimum Gasteiger partial charge on any atom is -0.378 e. The molecule has 1 aliphatic rings. The number of nitrogens with zero attached hydrogens (tertiary/aromatic N) is 3. The molecule has 0 amide bonds. The molecule has 5 rings (SSSR count). The van der Waals surface area contributed by atoms with Crippen LogP contribution in [0.2, 0.25) is 0 Å². The second-order valence-corrected chi connectivity index (χ2v) is 7.62. The number of hydrogen-bond donors (Lipinski definition) is 0. The Morgan fingerprint density at radius 2 is 1.83 bits per heavy atom. The molecule has 0 N–H and O–H groups in total. The van der Waals surface area contributed by atoms with Gasteiger partial charge in [-0.1, -0.05) is 18.2 Å². The van der Waals surface area contributed by atoms with Gasteiger partial charge in [0.05, 0.1) is 18.7 Å². The Labute approximate surface area is 169 Å². The summed E-state index contributed by atoms with van der Waals surface area (Å²) < 4.78 is 7.30. The summed E-state index contributed by atoms with van der Waals surface area (Å²) in [7, 11) is 1.86. The number of morpholine rings is 1. The molecule has 4 aromatic rings. The third-order valence-corrected chi connectivity index (χ3v) is 5.86. The quantitative estimate of drug-likeness (QED) is 0.525. The number of rotatable bonds is 2. The Morgan fingerprint density at radius 1 is 1.00 bits per heavy atom. The summed E-state index contributed by atoms with van der Waals surface area (Å²) in [6, 6.07) is 14.8. The third-order valence-electron chi connectivity index (χ3n) is 5.86. The van der Waals surface area contributed by atoms with E-state index in [9.17, 15) is 4.79 Å². The molecule has 0 saturated carbocycles. The van der Waals surface area contributed by atoms with Crippen molar-refractivity contribution in [1.29, 1.82) is 0 Å².